The van der Waals surface area contributed by atoms with Crippen LogP contribution in [0.25, 0.3) is 0 Å². The zero-order chi connectivity index (χ0) is 17.0. The first-order valence-corrected chi connectivity index (χ1v) is 9.31. The lowest BCUT2D eigenvalue weighted by Crippen LogP contribution is -2.44. The number of rotatable bonds is 4. The molecule has 0 saturated carbocycles. The Hall–Kier alpha value is -1.07. The number of hydrogen-bond donors (Lipinski definition) is 1. The molecule has 0 aromatic carbocycles. The van der Waals surface area contributed by atoms with Crippen molar-refractivity contribution in [3.63, 3.8) is 0 Å². The molecule has 1 aliphatic rings. The minimum absolute atomic E-state index is 0.174. The first-order chi connectivity index (χ1) is 10.7. The first kappa shape index (κ1) is 18.3. The molecule has 2 rings (SSSR count). The molecule has 1 saturated heterocycles. The normalized spacial score (nSPS) is 19.0. The van der Waals surface area contributed by atoms with Gasteiger partial charge in [0, 0.05) is 29.4 Å². The number of likely N-dealkylation sites (tertiary alicyclic amines) is 1. The van der Waals surface area contributed by atoms with Crippen LogP contribution >= 0.6 is 11.3 Å². The quantitative estimate of drug-likeness (QED) is 0.898. The number of nitrogens with one attached hydrogen (secondary N) is 1. The third-order valence-electron chi connectivity index (χ3n) is 4.12. The molecule has 0 radical (unpaired) electrons. The molecule has 4 nitrogen and oxygen atoms in total. The van der Waals surface area contributed by atoms with Gasteiger partial charge in [-0.3, -0.25) is 0 Å². The molecule has 0 spiro atoms. The number of hydrogen-bond acceptors (Lipinski definition) is 4. The van der Waals surface area contributed by atoms with Gasteiger partial charge in [-0.25, -0.2) is 4.79 Å². The van der Waals surface area contributed by atoms with Gasteiger partial charge in [0.25, 0.3) is 0 Å². The average Bonchev–Trinajstić information content (AvgIpc) is 2.76. The summed E-state index contributed by atoms with van der Waals surface area (Å²) >= 11 is 1.87. The van der Waals surface area contributed by atoms with Gasteiger partial charge in [-0.15, -0.1) is 11.3 Å². The van der Waals surface area contributed by atoms with E-state index in [1.807, 2.05) is 37.0 Å². The van der Waals surface area contributed by atoms with E-state index in [0.29, 0.717) is 5.92 Å². The van der Waals surface area contributed by atoms with Gasteiger partial charge in [0.2, 0.25) is 0 Å². The fourth-order valence-electron chi connectivity index (χ4n) is 2.86. The van der Waals surface area contributed by atoms with Crippen molar-refractivity contribution >= 4 is 17.4 Å². The Kier molecular flexibility index (Phi) is 6.09. The van der Waals surface area contributed by atoms with E-state index < -0.39 is 5.60 Å². The molecular formula is C18H30N2O2S. The smallest absolute Gasteiger partial charge is 0.410 e. The van der Waals surface area contributed by atoms with E-state index in [4.69, 9.17) is 4.74 Å². The molecule has 2 heterocycles. The summed E-state index contributed by atoms with van der Waals surface area (Å²) in [5, 5.41) is 3.55. The molecule has 5 heteroatoms. The average molecular weight is 339 g/mol. The highest BCUT2D eigenvalue weighted by Gasteiger charge is 2.27. The SMILES string of the molecule is Cc1cc(CNCC2CCCN(C(=O)OC(C)(C)C)C2)sc1C. The summed E-state index contributed by atoms with van der Waals surface area (Å²) in [7, 11) is 0. The van der Waals surface area contributed by atoms with Gasteiger partial charge < -0.3 is 15.0 Å². The van der Waals surface area contributed by atoms with Crippen molar-refractivity contribution in [2.24, 2.45) is 5.92 Å². The number of ether oxygens (including phenoxy) is 1. The second-order valence-electron chi connectivity index (χ2n) is 7.52. The fourth-order valence-corrected chi connectivity index (χ4v) is 3.88. The number of carbonyl (C=O) groups is 1. The second-order valence-corrected chi connectivity index (χ2v) is 8.86. The Morgan fingerprint density at radius 1 is 1.43 bits per heavy atom. The van der Waals surface area contributed by atoms with Crippen molar-refractivity contribution in [2.45, 2.75) is 59.6 Å². The minimum Gasteiger partial charge on any atom is -0.444 e. The first-order valence-electron chi connectivity index (χ1n) is 8.49. The molecule has 23 heavy (non-hydrogen) atoms. The molecule has 1 aromatic heterocycles. The Labute approximate surface area is 144 Å². The van der Waals surface area contributed by atoms with Gasteiger partial charge in [0.15, 0.2) is 0 Å². The largest absolute Gasteiger partial charge is 0.444 e. The topological polar surface area (TPSA) is 41.6 Å². The maximum absolute atomic E-state index is 12.2. The van der Waals surface area contributed by atoms with Crippen LogP contribution in [-0.2, 0) is 11.3 Å². The standard InChI is InChI=1S/C18H30N2O2S/c1-13-9-16(23-14(13)2)11-19-10-15-7-6-8-20(12-15)17(21)22-18(3,4)5/h9,15,19H,6-8,10-12H2,1-5H3. The molecular weight excluding hydrogens is 308 g/mol. The van der Waals surface area contributed by atoms with Gasteiger partial charge in [0.1, 0.15) is 5.60 Å². The molecule has 1 N–H and O–H groups in total. The zero-order valence-electron chi connectivity index (χ0n) is 15.1. The van der Waals surface area contributed by atoms with Crippen molar-refractivity contribution in [2.75, 3.05) is 19.6 Å². The summed E-state index contributed by atoms with van der Waals surface area (Å²) in [5.41, 5.74) is 0.956. The summed E-state index contributed by atoms with van der Waals surface area (Å²) in [6.45, 7) is 13.6. The van der Waals surface area contributed by atoms with E-state index in [0.717, 1.165) is 32.6 Å². The third kappa shape index (κ3) is 5.81. The third-order valence-corrected chi connectivity index (χ3v) is 5.27. The van der Waals surface area contributed by atoms with Crippen molar-refractivity contribution in [1.29, 1.82) is 0 Å². The number of thiophene rings is 1. The number of carbonyl (C=O) groups excluding carboxylic acids is 1. The van der Waals surface area contributed by atoms with Gasteiger partial charge >= 0.3 is 6.09 Å². The number of aryl methyl sites for hydroxylation is 2. The molecule has 1 unspecified atom stereocenters. The Balaban J connectivity index is 1.76. The zero-order valence-corrected chi connectivity index (χ0v) is 15.9. The van der Waals surface area contributed by atoms with E-state index in [9.17, 15) is 4.79 Å². The fraction of sp³-hybridized carbons (Fsp3) is 0.722. The van der Waals surface area contributed by atoms with Crippen LogP contribution in [0.2, 0.25) is 0 Å². The number of nitrogens with zero attached hydrogens (tertiary/aromatic N) is 1. The van der Waals surface area contributed by atoms with Gasteiger partial charge in [-0.05, 0) is 71.6 Å². The van der Waals surface area contributed by atoms with E-state index in [-0.39, 0.29) is 6.09 Å². The van der Waals surface area contributed by atoms with Crippen LogP contribution in [0.3, 0.4) is 0 Å². The molecule has 1 atom stereocenters. The monoisotopic (exact) mass is 338 g/mol. The van der Waals surface area contributed by atoms with Crippen LogP contribution in [-0.4, -0.2) is 36.2 Å². The Bertz CT molecular complexity index is 514. The lowest BCUT2D eigenvalue weighted by atomic mass is 9.98. The van der Waals surface area contributed by atoms with Gasteiger partial charge in [-0.1, -0.05) is 0 Å². The molecule has 130 valence electrons. The summed E-state index contributed by atoms with van der Waals surface area (Å²) in [4.78, 5) is 16.8. The van der Waals surface area contributed by atoms with Crippen molar-refractivity contribution < 1.29 is 9.53 Å². The number of amides is 1. The van der Waals surface area contributed by atoms with E-state index in [1.54, 1.807) is 0 Å². The lowest BCUT2D eigenvalue weighted by molar-refractivity contribution is 0.0166. The maximum atomic E-state index is 12.2. The summed E-state index contributed by atoms with van der Waals surface area (Å²) in [5.74, 6) is 0.512. The van der Waals surface area contributed by atoms with E-state index in [1.165, 1.54) is 21.7 Å². The summed E-state index contributed by atoms with van der Waals surface area (Å²) in [6.07, 6.45) is 2.06. The lowest BCUT2D eigenvalue weighted by Gasteiger charge is -2.34. The van der Waals surface area contributed by atoms with Crippen LogP contribution in [0, 0.1) is 19.8 Å². The second kappa shape index (κ2) is 7.67. The molecule has 1 aliphatic heterocycles. The molecule has 1 aromatic rings. The highest BCUT2D eigenvalue weighted by Crippen LogP contribution is 2.21. The van der Waals surface area contributed by atoms with Gasteiger partial charge in [0.05, 0.1) is 0 Å². The van der Waals surface area contributed by atoms with Crippen LogP contribution in [0.4, 0.5) is 4.79 Å². The van der Waals surface area contributed by atoms with E-state index >= 15 is 0 Å². The maximum Gasteiger partial charge on any atom is 0.410 e. The van der Waals surface area contributed by atoms with Crippen molar-refractivity contribution in [3.8, 4) is 0 Å². The van der Waals surface area contributed by atoms with Crippen LogP contribution in [0.5, 0.6) is 0 Å². The predicted molar refractivity (Wildman–Crippen MR) is 96.0 cm³/mol. The van der Waals surface area contributed by atoms with E-state index in [2.05, 4.69) is 25.2 Å². The van der Waals surface area contributed by atoms with Crippen LogP contribution in [0.15, 0.2) is 6.07 Å². The number of piperidine rings is 1. The summed E-state index contributed by atoms with van der Waals surface area (Å²) < 4.78 is 5.48. The molecule has 1 fully saturated rings. The minimum atomic E-state index is -0.419. The van der Waals surface area contributed by atoms with Crippen LogP contribution in [0.1, 0.15) is 48.9 Å². The molecule has 1 amide bonds. The molecule has 0 aliphatic carbocycles. The van der Waals surface area contributed by atoms with Crippen molar-refractivity contribution in [1.82, 2.24) is 10.2 Å². The Morgan fingerprint density at radius 3 is 2.78 bits per heavy atom. The van der Waals surface area contributed by atoms with Crippen LogP contribution < -0.4 is 5.32 Å². The highest BCUT2D eigenvalue weighted by atomic mass is 32.1. The highest BCUT2D eigenvalue weighted by molar-refractivity contribution is 7.12. The Morgan fingerprint density at radius 2 is 2.17 bits per heavy atom. The predicted octanol–water partition coefficient (Wildman–Crippen LogP) is 4.10. The summed E-state index contributed by atoms with van der Waals surface area (Å²) in [6, 6.07) is 2.26. The molecule has 0 bridgehead atoms. The van der Waals surface area contributed by atoms with Crippen molar-refractivity contribution in [3.05, 3.63) is 21.4 Å². The van der Waals surface area contributed by atoms with Gasteiger partial charge in [-0.2, -0.15) is 0 Å².